The molecule has 1 aliphatic rings. The molecule has 1 heterocycles. The van der Waals surface area contributed by atoms with Crippen molar-refractivity contribution >= 4 is 17.8 Å². The zero-order chi connectivity index (χ0) is 23.3. The first-order chi connectivity index (χ1) is 15.4. The third kappa shape index (κ3) is 9.22. The Morgan fingerprint density at radius 1 is 1.22 bits per heavy atom. The van der Waals surface area contributed by atoms with Gasteiger partial charge in [0.15, 0.2) is 0 Å². The minimum atomic E-state index is -0.520. The molecule has 32 heavy (non-hydrogen) atoms. The van der Waals surface area contributed by atoms with Crippen molar-refractivity contribution in [2.75, 3.05) is 13.2 Å². The number of hydrogen-bond donors (Lipinski definition) is 3. The summed E-state index contributed by atoms with van der Waals surface area (Å²) in [5, 5.41) is 14.6. The molecule has 2 rings (SSSR count). The predicted octanol–water partition coefficient (Wildman–Crippen LogP) is 2.53. The SMILES string of the molecule is C[C@@H](CO)NC(=O)C[C@H]1CC=CCCC[C@H](Cc2ccccc2)C(=O)O[C@@H](C)CNC1=O. The number of cyclic esters (lactones) is 1. The predicted molar refractivity (Wildman–Crippen MR) is 123 cm³/mol. The van der Waals surface area contributed by atoms with E-state index in [1.807, 2.05) is 42.5 Å². The first-order valence-corrected chi connectivity index (χ1v) is 11.5. The quantitative estimate of drug-likeness (QED) is 0.462. The molecule has 7 heteroatoms. The number of carbonyl (C=O) groups excluding carboxylic acids is 3. The van der Waals surface area contributed by atoms with Crippen LogP contribution in [0.5, 0.6) is 0 Å². The summed E-state index contributed by atoms with van der Waals surface area (Å²) in [7, 11) is 0. The molecular formula is C25H36N2O5. The fraction of sp³-hybridized carbons (Fsp3) is 0.560. The van der Waals surface area contributed by atoms with Gasteiger partial charge >= 0.3 is 5.97 Å². The lowest BCUT2D eigenvalue weighted by Gasteiger charge is -2.22. The van der Waals surface area contributed by atoms with E-state index in [1.165, 1.54) is 0 Å². The van der Waals surface area contributed by atoms with E-state index in [4.69, 9.17) is 9.84 Å². The minimum Gasteiger partial charge on any atom is -0.461 e. The van der Waals surface area contributed by atoms with E-state index in [1.54, 1.807) is 13.8 Å². The molecule has 0 radical (unpaired) electrons. The zero-order valence-corrected chi connectivity index (χ0v) is 19.1. The van der Waals surface area contributed by atoms with Crippen molar-refractivity contribution in [1.82, 2.24) is 10.6 Å². The summed E-state index contributed by atoms with van der Waals surface area (Å²) in [6.07, 6.45) is 6.95. The molecule has 0 unspecified atom stereocenters. The van der Waals surface area contributed by atoms with E-state index >= 15 is 0 Å². The molecule has 0 saturated heterocycles. The Hall–Kier alpha value is -2.67. The summed E-state index contributed by atoms with van der Waals surface area (Å²) in [6, 6.07) is 9.55. The molecule has 2 amide bonds. The van der Waals surface area contributed by atoms with E-state index < -0.39 is 12.0 Å². The molecule has 3 N–H and O–H groups in total. The molecule has 0 aliphatic carbocycles. The van der Waals surface area contributed by atoms with Gasteiger partial charge in [-0.1, -0.05) is 42.5 Å². The third-order valence-corrected chi connectivity index (χ3v) is 5.53. The number of esters is 1. The van der Waals surface area contributed by atoms with Crippen LogP contribution in [0, 0.1) is 11.8 Å². The van der Waals surface area contributed by atoms with E-state index in [0.717, 1.165) is 24.8 Å². The van der Waals surface area contributed by atoms with Gasteiger partial charge in [-0.3, -0.25) is 14.4 Å². The van der Waals surface area contributed by atoms with Gasteiger partial charge in [0.1, 0.15) is 6.10 Å². The van der Waals surface area contributed by atoms with E-state index in [-0.39, 0.29) is 49.3 Å². The lowest BCUT2D eigenvalue weighted by molar-refractivity contribution is -0.153. The number of allylic oxidation sites excluding steroid dienone is 2. The minimum absolute atomic E-state index is 0.0355. The molecule has 0 fully saturated rings. The highest BCUT2D eigenvalue weighted by atomic mass is 16.5. The Balaban J connectivity index is 2.02. The maximum Gasteiger partial charge on any atom is 0.309 e. The van der Waals surface area contributed by atoms with Crippen molar-refractivity contribution in [3.05, 3.63) is 48.0 Å². The second-order valence-corrected chi connectivity index (χ2v) is 8.57. The van der Waals surface area contributed by atoms with Crippen LogP contribution in [-0.2, 0) is 25.5 Å². The summed E-state index contributed by atoms with van der Waals surface area (Å²) < 4.78 is 5.63. The molecule has 0 aromatic heterocycles. The van der Waals surface area contributed by atoms with Crippen molar-refractivity contribution in [2.24, 2.45) is 11.8 Å². The smallest absolute Gasteiger partial charge is 0.309 e. The molecule has 1 aromatic carbocycles. The van der Waals surface area contributed by atoms with Gasteiger partial charge in [-0.25, -0.2) is 0 Å². The van der Waals surface area contributed by atoms with Gasteiger partial charge in [-0.05, 0) is 51.5 Å². The van der Waals surface area contributed by atoms with Gasteiger partial charge in [0.05, 0.1) is 25.0 Å². The number of ether oxygens (including phenoxy) is 1. The molecule has 0 bridgehead atoms. The highest BCUT2D eigenvalue weighted by Crippen LogP contribution is 2.19. The van der Waals surface area contributed by atoms with Gasteiger partial charge < -0.3 is 20.5 Å². The van der Waals surface area contributed by atoms with Crippen LogP contribution in [0.25, 0.3) is 0 Å². The zero-order valence-electron chi connectivity index (χ0n) is 19.1. The summed E-state index contributed by atoms with van der Waals surface area (Å²) in [4.78, 5) is 37.7. The summed E-state index contributed by atoms with van der Waals surface area (Å²) in [5.74, 6) is -1.51. The van der Waals surface area contributed by atoms with Crippen LogP contribution in [0.15, 0.2) is 42.5 Å². The van der Waals surface area contributed by atoms with Crippen LogP contribution in [0.2, 0.25) is 0 Å². The molecule has 0 spiro atoms. The number of aliphatic hydroxyl groups is 1. The van der Waals surface area contributed by atoms with Crippen LogP contribution >= 0.6 is 0 Å². The van der Waals surface area contributed by atoms with Gasteiger partial charge in [0.2, 0.25) is 11.8 Å². The van der Waals surface area contributed by atoms with Crippen LogP contribution in [0.4, 0.5) is 0 Å². The summed E-state index contributed by atoms with van der Waals surface area (Å²) in [5.41, 5.74) is 1.10. The number of nitrogens with one attached hydrogen (secondary N) is 2. The van der Waals surface area contributed by atoms with Crippen molar-refractivity contribution in [3.8, 4) is 0 Å². The first-order valence-electron chi connectivity index (χ1n) is 11.5. The van der Waals surface area contributed by atoms with Crippen LogP contribution in [0.1, 0.15) is 51.5 Å². The maximum absolute atomic E-state index is 12.8. The molecule has 7 nitrogen and oxygen atoms in total. The number of carbonyl (C=O) groups is 3. The third-order valence-electron chi connectivity index (χ3n) is 5.53. The average molecular weight is 445 g/mol. The van der Waals surface area contributed by atoms with Crippen LogP contribution < -0.4 is 10.6 Å². The highest BCUT2D eigenvalue weighted by molar-refractivity contribution is 5.86. The van der Waals surface area contributed by atoms with Crippen LogP contribution in [-0.4, -0.2) is 48.2 Å². The average Bonchev–Trinajstić information content (AvgIpc) is 2.77. The first kappa shape index (κ1) is 25.6. The molecule has 4 atom stereocenters. The number of benzene rings is 1. The van der Waals surface area contributed by atoms with E-state index in [0.29, 0.717) is 12.8 Å². The van der Waals surface area contributed by atoms with Crippen molar-refractivity contribution in [2.45, 2.75) is 64.5 Å². The summed E-state index contributed by atoms with van der Waals surface area (Å²) in [6.45, 7) is 3.49. The van der Waals surface area contributed by atoms with Crippen molar-refractivity contribution in [3.63, 3.8) is 0 Å². The number of hydrogen-bond acceptors (Lipinski definition) is 5. The van der Waals surface area contributed by atoms with E-state index in [2.05, 4.69) is 10.6 Å². The van der Waals surface area contributed by atoms with E-state index in [9.17, 15) is 14.4 Å². The normalized spacial score (nSPS) is 24.0. The van der Waals surface area contributed by atoms with Crippen molar-refractivity contribution in [1.29, 1.82) is 0 Å². The van der Waals surface area contributed by atoms with Gasteiger partial charge in [-0.15, -0.1) is 0 Å². The van der Waals surface area contributed by atoms with Crippen molar-refractivity contribution < 1.29 is 24.2 Å². The molecule has 176 valence electrons. The molecule has 1 aliphatic heterocycles. The Kier molecular flexibility index (Phi) is 10.9. The standard InChI is InChI=1S/C25H36N2O5/c1-18(17-28)27-23(29)15-21-12-8-3-4-9-13-22(14-20-10-6-5-7-11-20)25(31)32-19(2)16-26-24(21)30/h3,5-8,10-11,18-19,21-22,28H,4,9,12-17H2,1-2H3,(H,26,30)(H,27,29)/t18-,19-,21+,22+/m0/s1. The maximum atomic E-state index is 12.8. The molecular weight excluding hydrogens is 408 g/mol. The Morgan fingerprint density at radius 2 is 1.97 bits per heavy atom. The number of aliphatic hydroxyl groups excluding tert-OH is 1. The monoisotopic (exact) mass is 444 g/mol. The molecule has 0 saturated carbocycles. The second-order valence-electron chi connectivity index (χ2n) is 8.57. The van der Waals surface area contributed by atoms with Gasteiger partial charge in [-0.2, -0.15) is 0 Å². The lowest BCUT2D eigenvalue weighted by Crippen LogP contribution is -2.41. The molecule has 1 aromatic rings. The number of amides is 2. The second kappa shape index (κ2) is 13.7. The lowest BCUT2D eigenvalue weighted by atomic mass is 9.93. The highest BCUT2D eigenvalue weighted by Gasteiger charge is 2.25. The Morgan fingerprint density at radius 3 is 2.69 bits per heavy atom. The van der Waals surface area contributed by atoms with Gasteiger partial charge in [0, 0.05) is 12.5 Å². The number of rotatable bonds is 6. The summed E-state index contributed by atoms with van der Waals surface area (Å²) >= 11 is 0. The Bertz CT molecular complexity index is 765. The van der Waals surface area contributed by atoms with Gasteiger partial charge in [0.25, 0.3) is 0 Å². The largest absolute Gasteiger partial charge is 0.461 e. The fourth-order valence-electron chi connectivity index (χ4n) is 3.67. The topological polar surface area (TPSA) is 105 Å². The van der Waals surface area contributed by atoms with Crippen LogP contribution in [0.3, 0.4) is 0 Å². The fourth-order valence-corrected chi connectivity index (χ4v) is 3.67. The Labute approximate surface area is 190 Å².